The number of allylic oxidation sites excluding steroid dienone is 2. The number of rotatable bonds is 10. The van der Waals surface area contributed by atoms with E-state index >= 15 is 0 Å². The first-order valence-corrected chi connectivity index (χ1v) is 6.19. The van der Waals surface area contributed by atoms with Crippen LogP contribution in [0, 0.1) is 0 Å². The number of carbonyl (C=O) groups is 1. The molecule has 3 heteroatoms. The average Bonchev–Trinajstić information content (AvgIpc) is 2.30. The van der Waals surface area contributed by atoms with Gasteiger partial charge < -0.3 is 9.84 Å². The van der Waals surface area contributed by atoms with Gasteiger partial charge in [0.15, 0.2) is 0 Å². The molecule has 0 heterocycles. The minimum Gasteiger partial charge on any atom is -0.463 e. The molecular formula is C13H24O3. The van der Waals surface area contributed by atoms with Crippen LogP contribution in [0.4, 0.5) is 0 Å². The van der Waals surface area contributed by atoms with E-state index in [-0.39, 0.29) is 19.2 Å². The molecule has 0 rings (SSSR count). The molecule has 0 aromatic heterocycles. The minimum absolute atomic E-state index is 0.0866. The Hall–Kier alpha value is -0.830. The Morgan fingerprint density at radius 2 is 1.88 bits per heavy atom. The van der Waals surface area contributed by atoms with Gasteiger partial charge in [-0.25, -0.2) is 0 Å². The first kappa shape index (κ1) is 15.2. The van der Waals surface area contributed by atoms with Gasteiger partial charge in [0.25, 0.3) is 0 Å². The Bertz CT molecular complexity index is 188. The molecule has 0 aromatic carbocycles. The highest BCUT2D eigenvalue weighted by Crippen LogP contribution is 2.08. The van der Waals surface area contributed by atoms with Crippen LogP contribution >= 0.6 is 0 Å². The zero-order valence-electron chi connectivity index (χ0n) is 10.3. The van der Waals surface area contributed by atoms with E-state index in [4.69, 9.17) is 9.84 Å². The molecule has 0 bridgehead atoms. The number of unbranched alkanes of at least 4 members (excludes halogenated alkanes) is 5. The number of hydrogen-bond acceptors (Lipinski definition) is 3. The van der Waals surface area contributed by atoms with E-state index in [0.29, 0.717) is 6.42 Å². The van der Waals surface area contributed by atoms with Crippen LogP contribution in [0.25, 0.3) is 0 Å². The lowest BCUT2D eigenvalue weighted by Crippen LogP contribution is -2.07. The molecular weight excluding hydrogens is 204 g/mol. The van der Waals surface area contributed by atoms with Crippen LogP contribution in [-0.2, 0) is 9.53 Å². The zero-order chi connectivity index (χ0) is 12.1. The van der Waals surface area contributed by atoms with E-state index in [0.717, 1.165) is 19.3 Å². The summed E-state index contributed by atoms with van der Waals surface area (Å²) in [6, 6.07) is 0. The highest BCUT2D eigenvalue weighted by atomic mass is 16.5. The number of carbonyl (C=O) groups excluding carboxylic acids is 1. The molecule has 94 valence electrons. The van der Waals surface area contributed by atoms with Crippen LogP contribution in [0.15, 0.2) is 12.2 Å². The third-order valence-electron chi connectivity index (χ3n) is 2.34. The molecule has 0 aromatic rings. The highest BCUT2D eigenvalue weighted by molar-refractivity contribution is 5.69. The van der Waals surface area contributed by atoms with Gasteiger partial charge in [0.05, 0.1) is 6.61 Å². The van der Waals surface area contributed by atoms with Crippen molar-refractivity contribution >= 4 is 5.97 Å². The lowest BCUT2D eigenvalue weighted by atomic mass is 10.1. The first-order valence-electron chi connectivity index (χ1n) is 6.19. The van der Waals surface area contributed by atoms with Crippen molar-refractivity contribution in [3.05, 3.63) is 12.2 Å². The van der Waals surface area contributed by atoms with Crippen LogP contribution in [0.5, 0.6) is 0 Å². The highest BCUT2D eigenvalue weighted by Gasteiger charge is 2.01. The summed E-state index contributed by atoms with van der Waals surface area (Å²) >= 11 is 0. The topological polar surface area (TPSA) is 46.5 Å². The summed E-state index contributed by atoms with van der Waals surface area (Å²) < 4.78 is 4.75. The quantitative estimate of drug-likeness (QED) is 0.355. The Labute approximate surface area is 98.5 Å². The molecule has 0 aliphatic carbocycles. The molecule has 0 saturated heterocycles. The van der Waals surface area contributed by atoms with E-state index in [1.165, 1.54) is 19.3 Å². The summed E-state index contributed by atoms with van der Waals surface area (Å²) in [7, 11) is 0. The molecule has 0 aliphatic rings. The van der Waals surface area contributed by atoms with Crippen molar-refractivity contribution in [2.75, 3.05) is 13.2 Å². The van der Waals surface area contributed by atoms with Crippen LogP contribution in [0.1, 0.15) is 51.9 Å². The fraction of sp³-hybridized carbons (Fsp3) is 0.769. The fourth-order valence-electron chi connectivity index (χ4n) is 1.46. The van der Waals surface area contributed by atoms with Gasteiger partial charge >= 0.3 is 5.97 Å². The minimum atomic E-state index is -0.192. The second-order valence-electron chi connectivity index (χ2n) is 3.82. The van der Waals surface area contributed by atoms with Gasteiger partial charge in [-0.2, -0.15) is 0 Å². The summed E-state index contributed by atoms with van der Waals surface area (Å²) in [5.74, 6) is -0.192. The van der Waals surface area contributed by atoms with E-state index in [2.05, 4.69) is 12.2 Å². The summed E-state index contributed by atoms with van der Waals surface area (Å²) in [5, 5.41) is 8.44. The lowest BCUT2D eigenvalue weighted by molar-refractivity contribution is -0.144. The maximum absolute atomic E-state index is 11.0. The third kappa shape index (κ3) is 11.2. The molecule has 1 N–H and O–H groups in total. The molecule has 0 amide bonds. The third-order valence-corrected chi connectivity index (χ3v) is 2.34. The smallest absolute Gasteiger partial charge is 0.305 e. The van der Waals surface area contributed by atoms with Crippen molar-refractivity contribution in [3.63, 3.8) is 0 Å². The Kier molecular flexibility index (Phi) is 11.6. The van der Waals surface area contributed by atoms with Crippen LogP contribution in [0.3, 0.4) is 0 Å². The normalized spacial score (nSPS) is 10.9. The predicted molar refractivity (Wildman–Crippen MR) is 65.2 cm³/mol. The van der Waals surface area contributed by atoms with Gasteiger partial charge in [-0.3, -0.25) is 4.79 Å². The molecule has 0 aliphatic heterocycles. The van der Waals surface area contributed by atoms with Crippen LogP contribution in [-0.4, -0.2) is 24.3 Å². The second kappa shape index (κ2) is 12.2. The second-order valence-corrected chi connectivity index (χ2v) is 3.82. The molecule has 3 nitrogen and oxygen atoms in total. The van der Waals surface area contributed by atoms with Crippen molar-refractivity contribution in [2.24, 2.45) is 0 Å². The van der Waals surface area contributed by atoms with Crippen LogP contribution in [0.2, 0.25) is 0 Å². The molecule has 0 unspecified atom stereocenters. The predicted octanol–water partition coefficient (Wildman–Crippen LogP) is 2.83. The average molecular weight is 228 g/mol. The van der Waals surface area contributed by atoms with Crippen molar-refractivity contribution in [3.8, 4) is 0 Å². The van der Waals surface area contributed by atoms with Gasteiger partial charge in [0.2, 0.25) is 0 Å². The van der Waals surface area contributed by atoms with E-state index in [1.54, 1.807) is 0 Å². The Balaban J connectivity index is 3.11. The van der Waals surface area contributed by atoms with Gasteiger partial charge in [-0.05, 0) is 26.2 Å². The monoisotopic (exact) mass is 228 g/mol. The molecule has 0 spiro atoms. The summed E-state index contributed by atoms with van der Waals surface area (Å²) in [6.07, 6.45) is 11.5. The standard InChI is InChI=1S/C13H24O3/c1-2-3-4-5-6-7-8-9-10-13(15)16-12-11-14/h2-3,14H,4-12H2,1H3/b3-2+. The zero-order valence-corrected chi connectivity index (χ0v) is 10.3. The maximum Gasteiger partial charge on any atom is 0.305 e. The number of aliphatic hydroxyl groups is 1. The van der Waals surface area contributed by atoms with E-state index < -0.39 is 0 Å². The number of ether oxygens (including phenoxy) is 1. The van der Waals surface area contributed by atoms with Gasteiger partial charge in [0.1, 0.15) is 6.61 Å². The van der Waals surface area contributed by atoms with Crippen molar-refractivity contribution < 1.29 is 14.6 Å². The molecule has 0 atom stereocenters. The maximum atomic E-state index is 11.0. The number of esters is 1. The van der Waals surface area contributed by atoms with E-state index in [1.807, 2.05) is 6.92 Å². The SMILES string of the molecule is C/C=C/CCCCCCCC(=O)OCCO. The number of aliphatic hydroxyl groups excluding tert-OH is 1. The molecule has 16 heavy (non-hydrogen) atoms. The molecule has 0 saturated carbocycles. The van der Waals surface area contributed by atoms with E-state index in [9.17, 15) is 4.79 Å². The van der Waals surface area contributed by atoms with Gasteiger partial charge in [-0.15, -0.1) is 0 Å². The summed E-state index contributed by atoms with van der Waals surface area (Å²) in [4.78, 5) is 11.0. The Morgan fingerprint density at radius 1 is 1.19 bits per heavy atom. The van der Waals surface area contributed by atoms with Crippen molar-refractivity contribution in [2.45, 2.75) is 51.9 Å². The summed E-state index contributed by atoms with van der Waals surface area (Å²) in [5.41, 5.74) is 0. The van der Waals surface area contributed by atoms with Crippen molar-refractivity contribution in [1.82, 2.24) is 0 Å². The molecule has 0 fully saturated rings. The van der Waals surface area contributed by atoms with Gasteiger partial charge in [-0.1, -0.05) is 31.4 Å². The van der Waals surface area contributed by atoms with Crippen LogP contribution < -0.4 is 0 Å². The lowest BCUT2D eigenvalue weighted by Gasteiger charge is -2.02. The summed E-state index contributed by atoms with van der Waals surface area (Å²) in [6.45, 7) is 2.08. The Morgan fingerprint density at radius 3 is 2.56 bits per heavy atom. The fourth-order valence-corrected chi connectivity index (χ4v) is 1.46. The number of hydrogen-bond donors (Lipinski definition) is 1. The largest absolute Gasteiger partial charge is 0.463 e. The van der Waals surface area contributed by atoms with Crippen molar-refractivity contribution in [1.29, 1.82) is 0 Å². The first-order chi connectivity index (χ1) is 7.81. The van der Waals surface area contributed by atoms with Gasteiger partial charge in [0, 0.05) is 6.42 Å². The molecule has 0 radical (unpaired) electrons.